The van der Waals surface area contributed by atoms with E-state index < -0.39 is 0 Å². The topological polar surface area (TPSA) is 77.5 Å². The molecular weight excluding hydrogens is 392 g/mol. The van der Waals surface area contributed by atoms with Gasteiger partial charge in [0.25, 0.3) is 5.91 Å². The van der Waals surface area contributed by atoms with Gasteiger partial charge in [0.1, 0.15) is 0 Å². The number of para-hydroxylation sites is 2. The number of rotatable bonds is 4. The van der Waals surface area contributed by atoms with Gasteiger partial charge >= 0.3 is 0 Å². The molecule has 2 heterocycles. The Morgan fingerprint density at radius 3 is 2.52 bits per heavy atom. The second-order valence-electron chi connectivity index (χ2n) is 7.20. The van der Waals surface area contributed by atoms with Gasteiger partial charge in [0.2, 0.25) is 6.79 Å². The van der Waals surface area contributed by atoms with Crippen LogP contribution < -0.4 is 14.8 Å². The fourth-order valence-corrected chi connectivity index (χ4v) is 3.66. The van der Waals surface area contributed by atoms with Gasteiger partial charge in [-0.15, -0.1) is 0 Å². The van der Waals surface area contributed by atoms with Crippen LogP contribution in [0.4, 0.5) is 5.69 Å². The molecule has 0 fully saturated rings. The lowest BCUT2D eigenvalue weighted by Crippen LogP contribution is -2.15. The van der Waals surface area contributed by atoms with Crippen molar-refractivity contribution in [1.29, 1.82) is 0 Å². The van der Waals surface area contributed by atoms with Crippen molar-refractivity contribution < 1.29 is 19.1 Å². The van der Waals surface area contributed by atoms with Crippen molar-refractivity contribution in [3.8, 4) is 22.8 Å². The van der Waals surface area contributed by atoms with Crippen LogP contribution in [-0.4, -0.2) is 23.5 Å². The van der Waals surface area contributed by atoms with Gasteiger partial charge in [-0.3, -0.25) is 9.59 Å². The summed E-state index contributed by atoms with van der Waals surface area (Å²) in [6.45, 7) is 1.66. The molecule has 0 aliphatic carbocycles. The monoisotopic (exact) mass is 410 g/mol. The molecule has 6 heteroatoms. The first kappa shape index (κ1) is 18.8. The number of ketones is 1. The normalized spacial score (nSPS) is 12.0. The van der Waals surface area contributed by atoms with Crippen LogP contribution in [-0.2, 0) is 0 Å². The second-order valence-corrected chi connectivity index (χ2v) is 7.20. The van der Waals surface area contributed by atoms with E-state index in [-0.39, 0.29) is 18.5 Å². The smallest absolute Gasteiger partial charge is 0.256 e. The van der Waals surface area contributed by atoms with E-state index in [0.717, 1.165) is 10.9 Å². The number of anilines is 1. The number of hydrogen-bond acceptors (Lipinski definition) is 5. The molecule has 1 aliphatic rings. The molecule has 0 bridgehead atoms. The Labute approximate surface area is 178 Å². The van der Waals surface area contributed by atoms with E-state index in [9.17, 15) is 9.59 Å². The number of carbonyl (C=O) groups is 2. The van der Waals surface area contributed by atoms with Crippen molar-refractivity contribution in [1.82, 2.24) is 4.98 Å². The van der Waals surface area contributed by atoms with E-state index in [1.807, 2.05) is 42.5 Å². The zero-order chi connectivity index (χ0) is 21.4. The summed E-state index contributed by atoms with van der Waals surface area (Å²) in [6, 6.07) is 21.8. The minimum Gasteiger partial charge on any atom is -0.454 e. The summed E-state index contributed by atoms with van der Waals surface area (Å²) >= 11 is 0. The number of hydrogen-bond donors (Lipinski definition) is 1. The van der Waals surface area contributed by atoms with Crippen molar-refractivity contribution in [2.24, 2.45) is 0 Å². The van der Waals surface area contributed by atoms with Crippen LogP contribution in [0.1, 0.15) is 27.6 Å². The first-order chi connectivity index (χ1) is 15.1. The molecule has 0 spiro atoms. The third-order valence-corrected chi connectivity index (χ3v) is 5.18. The highest BCUT2D eigenvalue weighted by Gasteiger charge is 2.18. The molecule has 4 aromatic rings. The van der Waals surface area contributed by atoms with Gasteiger partial charge in [0, 0.05) is 16.5 Å². The Bertz CT molecular complexity index is 1350. The second kappa shape index (κ2) is 7.57. The molecule has 0 saturated carbocycles. The summed E-state index contributed by atoms with van der Waals surface area (Å²) in [6.07, 6.45) is 0. The molecule has 1 amide bonds. The first-order valence-electron chi connectivity index (χ1n) is 9.81. The maximum atomic E-state index is 13.3. The van der Waals surface area contributed by atoms with Crippen molar-refractivity contribution in [2.75, 3.05) is 12.1 Å². The molecule has 0 unspecified atom stereocenters. The molecule has 6 nitrogen and oxygen atoms in total. The molecule has 0 radical (unpaired) electrons. The van der Waals surface area contributed by atoms with Crippen LogP contribution in [0.5, 0.6) is 11.5 Å². The highest BCUT2D eigenvalue weighted by Crippen LogP contribution is 2.36. The lowest BCUT2D eigenvalue weighted by Gasteiger charge is -2.12. The minimum atomic E-state index is -0.311. The standard InChI is InChI=1S/C25H18N2O4/c1-15(28)17-6-2-4-8-20(17)27-25(29)19-13-22(26-21-9-5-3-7-18(19)21)16-10-11-23-24(12-16)31-14-30-23/h2-13H,14H2,1H3,(H,27,29). The summed E-state index contributed by atoms with van der Waals surface area (Å²) in [7, 11) is 0. The van der Waals surface area contributed by atoms with Crippen molar-refractivity contribution in [3.05, 3.63) is 83.9 Å². The third kappa shape index (κ3) is 3.48. The Morgan fingerprint density at radius 1 is 0.871 bits per heavy atom. The van der Waals surface area contributed by atoms with Gasteiger partial charge in [-0.25, -0.2) is 4.98 Å². The molecule has 0 saturated heterocycles. The molecule has 31 heavy (non-hydrogen) atoms. The van der Waals surface area contributed by atoms with E-state index in [0.29, 0.717) is 39.5 Å². The fraction of sp³-hybridized carbons (Fsp3) is 0.0800. The highest BCUT2D eigenvalue weighted by atomic mass is 16.7. The maximum Gasteiger partial charge on any atom is 0.256 e. The Kier molecular flexibility index (Phi) is 4.59. The summed E-state index contributed by atoms with van der Waals surface area (Å²) in [5.41, 5.74) is 3.56. The van der Waals surface area contributed by atoms with E-state index in [1.165, 1.54) is 6.92 Å². The van der Waals surface area contributed by atoms with Crippen molar-refractivity contribution >= 4 is 28.3 Å². The SMILES string of the molecule is CC(=O)c1ccccc1NC(=O)c1cc(-c2ccc3c(c2)OCO3)nc2ccccc12. The predicted molar refractivity (Wildman–Crippen MR) is 118 cm³/mol. The first-order valence-corrected chi connectivity index (χ1v) is 9.81. The average Bonchev–Trinajstić information content (AvgIpc) is 3.26. The van der Waals surface area contributed by atoms with Crippen molar-refractivity contribution in [3.63, 3.8) is 0 Å². The Balaban J connectivity index is 1.60. The van der Waals surface area contributed by atoms with Crippen LogP contribution in [0.2, 0.25) is 0 Å². The summed E-state index contributed by atoms with van der Waals surface area (Å²) in [5, 5.41) is 3.62. The fourth-order valence-electron chi connectivity index (χ4n) is 3.66. The van der Waals surface area contributed by atoms with Crippen molar-refractivity contribution in [2.45, 2.75) is 6.92 Å². The molecular formula is C25H18N2O4. The number of benzene rings is 3. The van der Waals surface area contributed by atoms with E-state index in [4.69, 9.17) is 14.5 Å². The number of ether oxygens (including phenoxy) is 2. The van der Waals surface area contributed by atoms with E-state index in [2.05, 4.69) is 5.32 Å². The summed E-state index contributed by atoms with van der Waals surface area (Å²) in [4.78, 5) is 30.0. The molecule has 152 valence electrons. The average molecular weight is 410 g/mol. The number of nitrogens with one attached hydrogen (secondary N) is 1. The van der Waals surface area contributed by atoms with Crippen LogP contribution in [0.15, 0.2) is 72.8 Å². The van der Waals surface area contributed by atoms with E-state index >= 15 is 0 Å². The number of aromatic nitrogens is 1. The molecule has 0 atom stereocenters. The molecule has 1 aromatic heterocycles. The number of Topliss-reactive ketones (excluding diaryl/α,β-unsaturated/α-hetero) is 1. The third-order valence-electron chi connectivity index (χ3n) is 5.18. The van der Waals surface area contributed by atoms with Crippen LogP contribution in [0, 0.1) is 0 Å². The van der Waals surface area contributed by atoms with Gasteiger partial charge in [0.05, 0.1) is 22.5 Å². The van der Waals surface area contributed by atoms with Gasteiger partial charge in [0.15, 0.2) is 17.3 Å². The van der Waals surface area contributed by atoms with Gasteiger partial charge in [-0.05, 0) is 49.4 Å². The van der Waals surface area contributed by atoms with Crippen LogP contribution in [0.3, 0.4) is 0 Å². The largest absolute Gasteiger partial charge is 0.454 e. The summed E-state index contributed by atoms with van der Waals surface area (Å²) in [5.74, 6) is 0.906. The number of fused-ring (bicyclic) bond motifs is 2. The van der Waals surface area contributed by atoms with Gasteiger partial charge < -0.3 is 14.8 Å². The number of nitrogens with zero attached hydrogens (tertiary/aromatic N) is 1. The lowest BCUT2D eigenvalue weighted by atomic mass is 10.0. The lowest BCUT2D eigenvalue weighted by molar-refractivity contribution is 0.101. The number of carbonyl (C=O) groups excluding carboxylic acids is 2. The van der Waals surface area contributed by atoms with Crippen LogP contribution in [0.25, 0.3) is 22.2 Å². The molecule has 1 N–H and O–H groups in total. The number of pyridine rings is 1. The van der Waals surface area contributed by atoms with Crippen LogP contribution >= 0.6 is 0 Å². The minimum absolute atomic E-state index is 0.114. The Hall–Kier alpha value is -4.19. The molecule has 5 rings (SSSR count). The molecule has 1 aliphatic heterocycles. The molecule has 3 aromatic carbocycles. The zero-order valence-corrected chi connectivity index (χ0v) is 16.7. The maximum absolute atomic E-state index is 13.3. The van der Waals surface area contributed by atoms with Gasteiger partial charge in [-0.1, -0.05) is 30.3 Å². The zero-order valence-electron chi connectivity index (χ0n) is 16.7. The highest BCUT2D eigenvalue weighted by molar-refractivity contribution is 6.15. The predicted octanol–water partition coefficient (Wildman–Crippen LogP) is 5.09. The number of amides is 1. The van der Waals surface area contributed by atoms with Gasteiger partial charge in [-0.2, -0.15) is 0 Å². The van der Waals surface area contributed by atoms with E-state index in [1.54, 1.807) is 30.3 Å². The quantitative estimate of drug-likeness (QED) is 0.475. The Morgan fingerprint density at radius 2 is 1.65 bits per heavy atom. The summed E-state index contributed by atoms with van der Waals surface area (Å²) < 4.78 is 10.9.